The van der Waals surface area contributed by atoms with Gasteiger partial charge in [-0.15, -0.1) is 0 Å². The minimum Gasteiger partial charge on any atom is -0.392 e. The zero-order chi connectivity index (χ0) is 26.3. The normalized spacial score (nSPS) is 22.8. The molecule has 2 aliphatic rings. The summed E-state index contributed by atoms with van der Waals surface area (Å²) in [5.41, 5.74) is 4.55. The van der Waals surface area contributed by atoms with Gasteiger partial charge in [0.25, 0.3) is 0 Å². The molecule has 36 heavy (non-hydrogen) atoms. The van der Waals surface area contributed by atoms with Crippen LogP contribution in [0.1, 0.15) is 89.0 Å². The minimum absolute atomic E-state index is 0.105. The standard InChI is InChI=1S/C30H44N2O3S/c1-29(2,3)26-12-8-7-11-25(26)23-10-9-16-31(20-23)19-22-13-14-27(30(4,5)6)28(18-22)36(34,35)32-17-15-24(33)21-32/h7-8,11-14,18,23-24,33H,9-10,15-17,19-21H2,1-6H3. The van der Waals surface area contributed by atoms with Crippen molar-refractivity contribution in [2.75, 3.05) is 26.2 Å². The predicted molar refractivity (Wildman–Crippen MR) is 147 cm³/mol. The van der Waals surface area contributed by atoms with Gasteiger partial charge < -0.3 is 5.11 Å². The van der Waals surface area contributed by atoms with E-state index in [0.29, 0.717) is 23.8 Å². The Balaban J connectivity index is 1.60. The zero-order valence-electron chi connectivity index (χ0n) is 22.9. The number of nitrogens with zero attached hydrogens (tertiary/aromatic N) is 2. The third-order valence-corrected chi connectivity index (χ3v) is 9.62. The predicted octanol–water partition coefficient (Wildman–Crippen LogP) is 5.42. The SMILES string of the molecule is CC(C)(C)c1ccccc1C1CCCN(Cc2ccc(C(C)(C)C)c(S(=O)(=O)N3CCC(O)C3)c2)C1. The van der Waals surface area contributed by atoms with E-state index >= 15 is 0 Å². The summed E-state index contributed by atoms with van der Waals surface area (Å²) in [7, 11) is -3.67. The molecule has 0 radical (unpaired) electrons. The molecule has 0 aromatic heterocycles. The van der Waals surface area contributed by atoms with Crippen LogP contribution in [0.3, 0.4) is 0 Å². The summed E-state index contributed by atoms with van der Waals surface area (Å²) in [6, 6.07) is 14.9. The van der Waals surface area contributed by atoms with E-state index in [-0.39, 0.29) is 17.4 Å². The molecule has 2 unspecified atom stereocenters. The number of β-amino-alcohol motifs (C(OH)–C–C–N with tert-alkyl or cyclic N) is 1. The maximum atomic E-state index is 13.7. The van der Waals surface area contributed by atoms with Gasteiger partial charge in [0.15, 0.2) is 0 Å². The molecule has 2 saturated heterocycles. The van der Waals surface area contributed by atoms with Gasteiger partial charge >= 0.3 is 0 Å². The Bertz CT molecular complexity index is 1180. The highest BCUT2D eigenvalue weighted by Gasteiger charge is 2.35. The Labute approximate surface area is 218 Å². The van der Waals surface area contributed by atoms with Gasteiger partial charge in [0.05, 0.1) is 11.0 Å². The maximum absolute atomic E-state index is 13.7. The Kier molecular flexibility index (Phi) is 7.74. The van der Waals surface area contributed by atoms with Gasteiger partial charge in [-0.05, 0) is 70.9 Å². The lowest BCUT2D eigenvalue weighted by Gasteiger charge is -2.36. The van der Waals surface area contributed by atoms with Crippen molar-refractivity contribution in [3.8, 4) is 0 Å². The van der Waals surface area contributed by atoms with Crippen LogP contribution in [-0.4, -0.2) is 55.0 Å². The first-order valence-corrected chi connectivity index (χ1v) is 14.8. The quantitative estimate of drug-likeness (QED) is 0.581. The first kappa shape index (κ1) is 27.3. The molecule has 2 heterocycles. The number of benzene rings is 2. The summed E-state index contributed by atoms with van der Waals surface area (Å²) in [4.78, 5) is 2.88. The average molecular weight is 513 g/mol. The Morgan fingerprint density at radius 3 is 2.22 bits per heavy atom. The third-order valence-electron chi connectivity index (χ3n) is 7.72. The summed E-state index contributed by atoms with van der Waals surface area (Å²) < 4.78 is 28.8. The van der Waals surface area contributed by atoms with E-state index in [1.165, 1.54) is 21.9 Å². The molecular weight excluding hydrogens is 468 g/mol. The third kappa shape index (κ3) is 5.88. The van der Waals surface area contributed by atoms with E-state index < -0.39 is 16.1 Å². The fourth-order valence-corrected chi connectivity index (χ4v) is 7.76. The van der Waals surface area contributed by atoms with Crippen LogP contribution in [0.5, 0.6) is 0 Å². The van der Waals surface area contributed by atoms with Gasteiger partial charge in [-0.25, -0.2) is 8.42 Å². The maximum Gasteiger partial charge on any atom is 0.243 e. The Morgan fingerprint density at radius 1 is 0.889 bits per heavy atom. The summed E-state index contributed by atoms with van der Waals surface area (Å²) in [5, 5.41) is 9.99. The summed E-state index contributed by atoms with van der Waals surface area (Å²) in [6.45, 7) is 16.3. The number of piperidine rings is 1. The van der Waals surface area contributed by atoms with Crippen LogP contribution < -0.4 is 0 Å². The molecule has 2 aromatic rings. The lowest BCUT2D eigenvalue weighted by atomic mass is 9.78. The van der Waals surface area contributed by atoms with Gasteiger partial charge in [0.2, 0.25) is 10.0 Å². The second-order valence-corrected chi connectivity index (χ2v) is 14.7. The van der Waals surface area contributed by atoms with Crippen LogP contribution in [-0.2, 0) is 27.4 Å². The highest BCUT2D eigenvalue weighted by Crippen LogP contribution is 2.36. The highest BCUT2D eigenvalue weighted by atomic mass is 32.2. The van der Waals surface area contributed by atoms with Gasteiger partial charge in [-0.2, -0.15) is 4.31 Å². The molecule has 1 N–H and O–H groups in total. The molecule has 0 spiro atoms. The van der Waals surface area contributed by atoms with Gasteiger partial charge in [0, 0.05) is 26.2 Å². The van der Waals surface area contributed by atoms with E-state index in [4.69, 9.17) is 0 Å². The van der Waals surface area contributed by atoms with Gasteiger partial charge in [0.1, 0.15) is 0 Å². The fraction of sp³-hybridized carbons (Fsp3) is 0.600. The molecule has 6 heteroatoms. The van der Waals surface area contributed by atoms with Gasteiger partial charge in [-0.1, -0.05) is 77.9 Å². The van der Waals surface area contributed by atoms with Crippen molar-refractivity contribution >= 4 is 10.0 Å². The minimum atomic E-state index is -3.67. The van der Waals surface area contributed by atoms with E-state index in [1.54, 1.807) is 0 Å². The van der Waals surface area contributed by atoms with Crippen molar-refractivity contribution in [1.29, 1.82) is 0 Å². The first-order chi connectivity index (χ1) is 16.8. The van der Waals surface area contributed by atoms with Crippen molar-refractivity contribution in [3.05, 3.63) is 64.7 Å². The Morgan fingerprint density at radius 2 is 1.58 bits per heavy atom. The lowest BCUT2D eigenvalue weighted by molar-refractivity contribution is 0.189. The summed E-state index contributed by atoms with van der Waals surface area (Å²) in [6.07, 6.45) is 2.24. The van der Waals surface area contributed by atoms with Crippen molar-refractivity contribution in [2.24, 2.45) is 0 Å². The molecule has 0 aliphatic carbocycles. The topological polar surface area (TPSA) is 60.9 Å². The van der Waals surface area contributed by atoms with Crippen molar-refractivity contribution in [2.45, 2.75) is 95.1 Å². The van der Waals surface area contributed by atoms with Crippen molar-refractivity contribution in [1.82, 2.24) is 9.21 Å². The van der Waals surface area contributed by atoms with Gasteiger partial charge in [-0.3, -0.25) is 4.90 Å². The summed E-state index contributed by atoms with van der Waals surface area (Å²) >= 11 is 0. The monoisotopic (exact) mass is 512 g/mol. The van der Waals surface area contributed by atoms with Crippen molar-refractivity contribution in [3.63, 3.8) is 0 Å². The molecule has 0 amide bonds. The molecule has 2 fully saturated rings. The van der Waals surface area contributed by atoms with Crippen LogP contribution in [0, 0.1) is 0 Å². The van der Waals surface area contributed by atoms with E-state index in [1.807, 2.05) is 12.1 Å². The zero-order valence-corrected chi connectivity index (χ0v) is 23.7. The number of sulfonamides is 1. The lowest BCUT2D eigenvalue weighted by Crippen LogP contribution is -2.35. The van der Waals surface area contributed by atoms with Crippen LogP contribution >= 0.6 is 0 Å². The number of rotatable bonds is 5. The fourth-order valence-electron chi connectivity index (χ4n) is 5.81. The van der Waals surface area contributed by atoms with Crippen LogP contribution in [0.15, 0.2) is 47.4 Å². The summed E-state index contributed by atoms with van der Waals surface area (Å²) in [5.74, 6) is 0.484. The van der Waals surface area contributed by atoms with Crippen molar-refractivity contribution < 1.29 is 13.5 Å². The number of aliphatic hydroxyl groups excluding tert-OH is 1. The van der Waals surface area contributed by atoms with E-state index in [2.05, 4.69) is 76.8 Å². The van der Waals surface area contributed by atoms with E-state index in [0.717, 1.165) is 37.2 Å². The number of hydrogen-bond donors (Lipinski definition) is 1. The molecule has 0 saturated carbocycles. The smallest absolute Gasteiger partial charge is 0.243 e. The average Bonchev–Trinajstić information content (AvgIpc) is 3.25. The van der Waals surface area contributed by atoms with Crippen LogP contribution in [0.2, 0.25) is 0 Å². The molecule has 2 atom stereocenters. The molecule has 2 aromatic carbocycles. The molecule has 4 rings (SSSR count). The molecule has 2 aliphatic heterocycles. The van der Waals surface area contributed by atoms with Crippen LogP contribution in [0.25, 0.3) is 0 Å². The molecule has 198 valence electrons. The molecular formula is C30H44N2O3S. The molecule has 0 bridgehead atoms. The number of aliphatic hydroxyl groups is 1. The van der Waals surface area contributed by atoms with E-state index in [9.17, 15) is 13.5 Å². The Hall–Kier alpha value is -1.73. The largest absolute Gasteiger partial charge is 0.392 e. The number of likely N-dealkylation sites (tertiary alicyclic amines) is 1. The number of hydrogen-bond acceptors (Lipinski definition) is 4. The second-order valence-electron chi connectivity index (χ2n) is 12.8. The highest BCUT2D eigenvalue weighted by molar-refractivity contribution is 7.89. The second kappa shape index (κ2) is 10.2. The molecule has 5 nitrogen and oxygen atoms in total. The van der Waals surface area contributed by atoms with Crippen LogP contribution in [0.4, 0.5) is 0 Å². The first-order valence-electron chi connectivity index (χ1n) is 13.4.